The average molecular weight is 400 g/mol. The molecule has 1 aliphatic carbocycles. The highest BCUT2D eigenvalue weighted by atomic mass is 79.9. The lowest BCUT2D eigenvalue weighted by Crippen LogP contribution is -2.26. The van der Waals surface area contributed by atoms with Gasteiger partial charge in [-0.3, -0.25) is 9.59 Å². The Morgan fingerprint density at radius 3 is 2.28 bits per heavy atom. The van der Waals surface area contributed by atoms with Gasteiger partial charge in [0.1, 0.15) is 5.75 Å². The molecule has 0 unspecified atom stereocenters. The van der Waals surface area contributed by atoms with Crippen molar-refractivity contribution in [2.75, 3.05) is 11.4 Å². The third-order valence-corrected chi connectivity index (χ3v) is 5.50. The number of carbonyl (C=O) groups excluding carboxylic acids is 2. The zero-order valence-electron chi connectivity index (χ0n) is 13.7. The molecule has 0 bridgehead atoms. The minimum Gasteiger partial charge on any atom is -0.426 e. The van der Waals surface area contributed by atoms with Gasteiger partial charge in [-0.05, 0) is 61.2 Å². The number of ether oxygens (including phenoxy) is 1. The van der Waals surface area contributed by atoms with Crippen molar-refractivity contribution in [3.05, 3.63) is 58.6 Å². The van der Waals surface area contributed by atoms with Crippen molar-refractivity contribution in [2.45, 2.75) is 31.1 Å². The number of anilines is 1. The maximum absolute atomic E-state index is 12.7. The predicted octanol–water partition coefficient (Wildman–Crippen LogP) is 4.21. The van der Waals surface area contributed by atoms with E-state index in [1.807, 2.05) is 36.4 Å². The molecule has 0 N–H and O–H groups in total. The Balaban J connectivity index is 1.47. The molecule has 4 nitrogen and oxygen atoms in total. The lowest BCUT2D eigenvalue weighted by Gasteiger charge is -2.17. The van der Waals surface area contributed by atoms with E-state index < -0.39 is 5.41 Å². The SMILES string of the molecule is O=C1CCCN1c1ccc(OC(=O)C2(c3ccc(Br)cc3)CC2)cc1. The van der Waals surface area contributed by atoms with Gasteiger partial charge in [0, 0.05) is 23.1 Å². The van der Waals surface area contributed by atoms with E-state index in [1.165, 1.54) is 0 Å². The van der Waals surface area contributed by atoms with Gasteiger partial charge in [0.05, 0.1) is 5.41 Å². The van der Waals surface area contributed by atoms with E-state index >= 15 is 0 Å². The van der Waals surface area contributed by atoms with Crippen LogP contribution in [0.2, 0.25) is 0 Å². The third kappa shape index (κ3) is 3.09. The zero-order chi connectivity index (χ0) is 17.4. The summed E-state index contributed by atoms with van der Waals surface area (Å²) < 4.78 is 6.61. The van der Waals surface area contributed by atoms with Gasteiger partial charge in [0.2, 0.25) is 5.91 Å². The number of halogens is 1. The van der Waals surface area contributed by atoms with E-state index in [4.69, 9.17) is 4.74 Å². The molecule has 5 heteroatoms. The fraction of sp³-hybridized carbons (Fsp3) is 0.300. The van der Waals surface area contributed by atoms with Crippen LogP contribution < -0.4 is 9.64 Å². The molecule has 2 aliphatic rings. The van der Waals surface area contributed by atoms with Crippen LogP contribution >= 0.6 is 15.9 Å². The monoisotopic (exact) mass is 399 g/mol. The van der Waals surface area contributed by atoms with Crippen LogP contribution in [0.5, 0.6) is 5.75 Å². The molecule has 2 aromatic rings. The summed E-state index contributed by atoms with van der Waals surface area (Å²) in [6.45, 7) is 0.755. The molecule has 0 spiro atoms. The maximum atomic E-state index is 12.7. The van der Waals surface area contributed by atoms with Gasteiger partial charge in [0.15, 0.2) is 0 Å². The molecule has 1 amide bonds. The van der Waals surface area contributed by atoms with Gasteiger partial charge < -0.3 is 9.64 Å². The van der Waals surface area contributed by atoms with Crippen LogP contribution in [-0.4, -0.2) is 18.4 Å². The van der Waals surface area contributed by atoms with Crippen LogP contribution in [-0.2, 0) is 15.0 Å². The zero-order valence-corrected chi connectivity index (χ0v) is 15.3. The predicted molar refractivity (Wildman–Crippen MR) is 98.7 cm³/mol. The molecule has 25 heavy (non-hydrogen) atoms. The minimum absolute atomic E-state index is 0.150. The van der Waals surface area contributed by atoms with Gasteiger partial charge in [0.25, 0.3) is 0 Å². The summed E-state index contributed by atoms with van der Waals surface area (Å²) in [5, 5.41) is 0. The summed E-state index contributed by atoms with van der Waals surface area (Å²) in [6, 6.07) is 15.0. The van der Waals surface area contributed by atoms with E-state index in [-0.39, 0.29) is 11.9 Å². The van der Waals surface area contributed by atoms with Crippen molar-refractivity contribution >= 4 is 33.5 Å². The van der Waals surface area contributed by atoms with Crippen LogP contribution in [0.25, 0.3) is 0 Å². The van der Waals surface area contributed by atoms with E-state index in [9.17, 15) is 9.59 Å². The normalized spacial score (nSPS) is 18.3. The van der Waals surface area contributed by atoms with Gasteiger partial charge >= 0.3 is 5.97 Å². The van der Waals surface area contributed by atoms with Crippen molar-refractivity contribution in [3.63, 3.8) is 0 Å². The molecule has 1 heterocycles. The Morgan fingerprint density at radius 1 is 1.04 bits per heavy atom. The first-order valence-corrected chi connectivity index (χ1v) is 9.27. The smallest absolute Gasteiger partial charge is 0.321 e. The van der Waals surface area contributed by atoms with E-state index in [0.29, 0.717) is 12.2 Å². The molecular weight excluding hydrogens is 382 g/mol. The number of hydrogen-bond acceptors (Lipinski definition) is 3. The average Bonchev–Trinajstić information content (AvgIpc) is 3.32. The lowest BCUT2D eigenvalue weighted by molar-refractivity contribution is -0.137. The summed E-state index contributed by atoms with van der Waals surface area (Å²) in [6.07, 6.45) is 3.12. The fourth-order valence-electron chi connectivity index (χ4n) is 3.32. The number of benzene rings is 2. The van der Waals surface area contributed by atoms with Gasteiger partial charge in [-0.1, -0.05) is 28.1 Å². The van der Waals surface area contributed by atoms with Crippen molar-refractivity contribution in [3.8, 4) is 5.75 Å². The number of nitrogens with zero attached hydrogens (tertiary/aromatic N) is 1. The Kier molecular flexibility index (Phi) is 4.12. The van der Waals surface area contributed by atoms with Crippen molar-refractivity contribution in [2.24, 2.45) is 0 Å². The van der Waals surface area contributed by atoms with Crippen LogP contribution in [0.15, 0.2) is 53.0 Å². The molecule has 1 aliphatic heterocycles. The Bertz CT molecular complexity index is 810. The van der Waals surface area contributed by atoms with Crippen LogP contribution in [0, 0.1) is 0 Å². The second-order valence-electron chi connectivity index (χ2n) is 6.62. The number of esters is 1. The van der Waals surface area contributed by atoms with Crippen LogP contribution in [0.3, 0.4) is 0 Å². The topological polar surface area (TPSA) is 46.6 Å². The van der Waals surface area contributed by atoms with Gasteiger partial charge in [-0.2, -0.15) is 0 Å². The molecule has 0 aromatic heterocycles. The Labute approximate surface area is 154 Å². The highest BCUT2D eigenvalue weighted by molar-refractivity contribution is 9.10. The van der Waals surface area contributed by atoms with Gasteiger partial charge in [-0.15, -0.1) is 0 Å². The summed E-state index contributed by atoms with van der Waals surface area (Å²) in [5.41, 5.74) is 1.35. The van der Waals surface area contributed by atoms with Crippen molar-refractivity contribution in [1.29, 1.82) is 0 Å². The molecule has 1 saturated heterocycles. The van der Waals surface area contributed by atoms with Crippen LogP contribution in [0.1, 0.15) is 31.2 Å². The molecule has 0 radical (unpaired) electrons. The summed E-state index contributed by atoms with van der Waals surface area (Å²) in [7, 11) is 0. The second kappa shape index (κ2) is 6.30. The first kappa shape index (κ1) is 16.3. The molecule has 128 valence electrons. The van der Waals surface area contributed by atoms with Crippen molar-refractivity contribution < 1.29 is 14.3 Å². The molecule has 0 atom stereocenters. The molecule has 1 saturated carbocycles. The minimum atomic E-state index is -0.510. The van der Waals surface area contributed by atoms with Crippen LogP contribution in [0.4, 0.5) is 5.69 Å². The van der Waals surface area contributed by atoms with E-state index in [1.54, 1.807) is 17.0 Å². The first-order chi connectivity index (χ1) is 12.1. The maximum Gasteiger partial charge on any atom is 0.321 e. The molecule has 2 fully saturated rings. The Morgan fingerprint density at radius 2 is 1.72 bits per heavy atom. The van der Waals surface area contributed by atoms with E-state index in [0.717, 1.165) is 41.5 Å². The van der Waals surface area contributed by atoms with E-state index in [2.05, 4.69) is 15.9 Å². The highest BCUT2D eigenvalue weighted by Gasteiger charge is 2.53. The quantitative estimate of drug-likeness (QED) is 0.571. The fourth-order valence-corrected chi connectivity index (χ4v) is 3.59. The third-order valence-electron chi connectivity index (χ3n) is 4.97. The first-order valence-electron chi connectivity index (χ1n) is 8.47. The highest BCUT2D eigenvalue weighted by Crippen LogP contribution is 2.49. The number of amides is 1. The molecule has 4 rings (SSSR count). The summed E-state index contributed by atoms with van der Waals surface area (Å²) in [5.74, 6) is 0.459. The lowest BCUT2D eigenvalue weighted by atomic mass is 9.96. The summed E-state index contributed by atoms with van der Waals surface area (Å²) >= 11 is 3.42. The Hall–Kier alpha value is -2.14. The molecular formula is C20H18BrNO3. The summed E-state index contributed by atoms with van der Waals surface area (Å²) in [4.78, 5) is 26.2. The standard InChI is InChI=1S/C20H18BrNO3/c21-15-5-3-14(4-6-15)20(11-12-20)19(24)25-17-9-7-16(8-10-17)22-13-1-2-18(22)23/h3-10H,1-2,11-13H2. The largest absolute Gasteiger partial charge is 0.426 e. The van der Waals surface area contributed by atoms with Gasteiger partial charge in [-0.25, -0.2) is 0 Å². The van der Waals surface area contributed by atoms with Crippen molar-refractivity contribution in [1.82, 2.24) is 0 Å². The number of carbonyl (C=O) groups is 2. The molecule has 2 aromatic carbocycles. The number of hydrogen-bond donors (Lipinski definition) is 0. The second-order valence-corrected chi connectivity index (χ2v) is 7.54. The number of rotatable bonds is 4.